The van der Waals surface area contributed by atoms with Crippen molar-refractivity contribution < 1.29 is 5.11 Å². The second kappa shape index (κ2) is 2.23. The first-order valence-corrected chi connectivity index (χ1v) is 4.45. The number of hydrogen-bond donors (Lipinski definition) is 1. The van der Waals surface area contributed by atoms with E-state index in [0.29, 0.717) is 5.92 Å². The van der Waals surface area contributed by atoms with Crippen LogP contribution in [0.3, 0.4) is 0 Å². The lowest BCUT2D eigenvalue weighted by Crippen LogP contribution is -2.27. The van der Waals surface area contributed by atoms with Gasteiger partial charge in [-0.1, -0.05) is 6.92 Å². The molecule has 2 fully saturated rings. The fourth-order valence-electron chi connectivity index (χ4n) is 2.68. The molecule has 4 atom stereocenters. The van der Waals surface area contributed by atoms with Gasteiger partial charge in [-0.25, -0.2) is 0 Å². The number of aliphatic hydroxyl groups excluding tert-OH is 1. The van der Waals surface area contributed by atoms with Crippen LogP contribution in [0.2, 0.25) is 0 Å². The Morgan fingerprint density at radius 3 is 2.60 bits per heavy atom. The molecule has 2 aliphatic rings. The Morgan fingerprint density at radius 2 is 1.80 bits per heavy atom. The van der Waals surface area contributed by atoms with Crippen molar-refractivity contribution in [3.05, 3.63) is 0 Å². The molecule has 58 valence electrons. The van der Waals surface area contributed by atoms with Crippen LogP contribution < -0.4 is 0 Å². The molecule has 2 aliphatic carbocycles. The summed E-state index contributed by atoms with van der Waals surface area (Å²) in [6.45, 7) is 2.29. The van der Waals surface area contributed by atoms with Gasteiger partial charge in [-0.15, -0.1) is 0 Å². The number of rotatable bonds is 0. The second-order valence-electron chi connectivity index (χ2n) is 4.11. The van der Waals surface area contributed by atoms with E-state index in [4.69, 9.17) is 0 Å². The van der Waals surface area contributed by atoms with Gasteiger partial charge in [0.15, 0.2) is 0 Å². The maximum Gasteiger partial charge on any atom is 0.0571 e. The molecule has 0 aliphatic heterocycles. The zero-order chi connectivity index (χ0) is 7.14. The fraction of sp³-hybridized carbons (Fsp3) is 1.00. The van der Waals surface area contributed by atoms with E-state index in [2.05, 4.69) is 6.92 Å². The maximum atomic E-state index is 9.57. The Labute approximate surface area is 62.4 Å². The van der Waals surface area contributed by atoms with Crippen LogP contribution >= 0.6 is 0 Å². The van der Waals surface area contributed by atoms with Crippen molar-refractivity contribution in [2.24, 2.45) is 17.8 Å². The highest BCUT2D eigenvalue weighted by Crippen LogP contribution is 2.44. The molecular weight excluding hydrogens is 124 g/mol. The van der Waals surface area contributed by atoms with Crippen molar-refractivity contribution in [1.29, 1.82) is 0 Å². The van der Waals surface area contributed by atoms with Crippen molar-refractivity contribution in [3.8, 4) is 0 Å². The quantitative estimate of drug-likeness (QED) is 0.544. The minimum absolute atomic E-state index is 0.0359. The molecule has 1 heteroatoms. The summed E-state index contributed by atoms with van der Waals surface area (Å²) in [4.78, 5) is 0. The van der Waals surface area contributed by atoms with Crippen LogP contribution in [-0.2, 0) is 0 Å². The molecule has 4 unspecified atom stereocenters. The molecule has 2 rings (SSSR count). The van der Waals surface area contributed by atoms with E-state index in [1.165, 1.54) is 19.3 Å². The molecule has 1 nitrogen and oxygen atoms in total. The number of aliphatic hydroxyl groups is 1. The van der Waals surface area contributed by atoms with E-state index in [0.717, 1.165) is 18.3 Å². The normalized spacial score (nSPS) is 53.4. The highest BCUT2D eigenvalue weighted by molar-refractivity contribution is 4.89. The first-order valence-electron chi connectivity index (χ1n) is 4.45. The molecule has 0 spiro atoms. The SMILES string of the molecule is CC1CC(O)C2CCC1C2. The minimum Gasteiger partial charge on any atom is -0.393 e. The summed E-state index contributed by atoms with van der Waals surface area (Å²) in [6, 6.07) is 0. The second-order valence-corrected chi connectivity index (χ2v) is 4.11. The molecule has 1 N–H and O–H groups in total. The molecule has 0 aromatic carbocycles. The van der Waals surface area contributed by atoms with Crippen molar-refractivity contribution in [3.63, 3.8) is 0 Å². The third kappa shape index (κ3) is 0.878. The molecular formula is C9H16O. The first kappa shape index (κ1) is 6.66. The van der Waals surface area contributed by atoms with Crippen molar-refractivity contribution in [2.45, 2.75) is 38.7 Å². The van der Waals surface area contributed by atoms with Crippen molar-refractivity contribution >= 4 is 0 Å². The van der Waals surface area contributed by atoms with Gasteiger partial charge in [0.25, 0.3) is 0 Å². The van der Waals surface area contributed by atoms with Gasteiger partial charge in [-0.05, 0) is 43.4 Å². The molecule has 0 aromatic rings. The van der Waals surface area contributed by atoms with E-state index >= 15 is 0 Å². The molecule has 2 bridgehead atoms. The predicted molar refractivity (Wildman–Crippen MR) is 40.6 cm³/mol. The average Bonchev–Trinajstić information content (AvgIpc) is 2.28. The van der Waals surface area contributed by atoms with Gasteiger partial charge in [0.1, 0.15) is 0 Å². The van der Waals surface area contributed by atoms with Gasteiger partial charge in [0, 0.05) is 0 Å². The van der Waals surface area contributed by atoms with Crippen LogP contribution in [0, 0.1) is 17.8 Å². The number of fused-ring (bicyclic) bond motifs is 2. The highest BCUT2D eigenvalue weighted by Gasteiger charge is 2.38. The Bertz CT molecular complexity index is 119. The highest BCUT2D eigenvalue weighted by atomic mass is 16.3. The van der Waals surface area contributed by atoms with E-state index in [1.807, 2.05) is 0 Å². The molecule has 0 saturated heterocycles. The van der Waals surface area contributed by atoms with E-state index in [1.54, 1.807) is 0 Å². The lowest BCUT2D eigenvalue weighted by Gasteiger charge is -2.29. The molecule has 10 heavy (non-hydrogen) atoms. The van der Waals surface area contributed by atoms with E-state index in [9.17, 15) is 5.11 Å². The summed E-state index contributed by atoms with van der Waals surface area (Å²) >= 11 is 0. The van der Waals surface area contributed by atoms with Gasteiger partial charge in [-0.2, -0.15) is 0 Å². The van der Waals surface area contributed by atoms with E-state index in [-0.39, 0.29) is 6.10 Å². The lowest BCUT2D eigenvalue weighted by molar-refractivity contribution is 0.0525. The zero-order valence-electron chi connectivity index (χ0n) is 6.59. The summed E-state index contributed by atoms with van der Waals surface area (Å²) in [6.07, 6.45) is 5.07. The van der Waals surface area contributed by atoms with Crippen molar-refractivity contribution in [2.75, 3.05) is 0 Å². The third-order valence-electron chi connectivity index (χ3n) is 3.48. The van der Waals surface area contributed by atoms with Crippen LogP contribution in [0.1, 0.15) is 32.6 Å². The maximum absolute atomic E-state index is 9.57. The van der Waals surface area contributed by atoms with Crippen LogP contribution in [0.25, 0.3) is 0 Å². The standard InChI is InChI=1S/C9H16O/c1-6-4-9(10)8-3-2-7(6)5-8/h6-10H,2-5H2,1H3. The molecule has 2 saturated carbocycles. The first-order chi connectivity index (χ1) is 4.77. The predicted octanol–water partition coefficient (Wildman–Crippen LogP) is 1.80. The van der Waals surface area contributed by atoms with Crippen LogP contribution in [0.15, 0.2) is 0 Å². The Morgan fingerprint density at radius 1 is 1.10 bits per heavy atom. The Hall–Kier alpha value is -0.0400. The minimum atomic E-state index is 0.0359. The molecule has 0 heterocycles. The topological polar surface area (TPSA) is 20.2 Å². The van der Waals surface area contributed by atoms with Gasteiger partial charge >= 0.3 is 0 Å². The smallest absolute Gasteiger partial charge is 0.0571 e. The van der Waals surface area contributed by atoms with Crippen LogP contribution in [0.5, 0.6) is 0 Å². The van der Waals surface area contributed by atoms with Gasteiger partial charge < -0.3 is 5.11 Å². The summed E-state index contributed by atoms with van der Waals surface area (Å²) in [5, 5.41) is 9.57. The van der Waals surface area contributed by atoms with Gasteiger partial charge in [0.2, 0.25) is 0 Å². The average molecular weight is 140 g/mol. The summed E-state index contributed by atoms with van der Waals surface area (Å²) < 4.78 is 0. The fourth-order valence-corrected chi connectivity index (χ4v) is 2.68. The van der Waals surface area contributed by atoms with Gasteiger partial charge in [0.05, 0.1) is 6.10 Å². The number of hydrogen-bond acceptors (Lipinski definition) is 1. The van der Waals surface area contributed by atoms with Crippen LogP contribution in [-0.4, -0.2) is 11.2 Å². The monoisotopic (exact) mass is 140 g/mol. The lowest BCUT2D eigenvalue weighted by atomic mass is 9.79. The molecule has 0 aromatic heterocycles. The summed E-state index contributed by atoms with van der Waals surface area (Å²) in [5.74, 6) is 2.41. The summed E-state index contributed by atoms with van der Waals surface area (Å²) in [7, 11) is 0. The van der Waals surface area contributed by atoms with Crippen LogP contribution in [0.4, 0.5) is 0 Å². The largest absolute Gasteiger partial charge is 0.393 e. The van der Waals surface area contributed by atoms with Crippen molar-refractivity contribution in [1.82, 2.24) is 0 Å². The van der Waals surface area contributed by atoms with E-state index < -0.39 is 0 Å². The Kier molecular flexibility index (Phi) is 1.48. The zero-order valence-corrected chi connectivity index (χ0v) is 6.59. The summed E-state index contributed by atoms with van der Waals surface area (Å²) in [5.41, 5.74) is 0. The molecule has 0 radical (unpaired) electrons. The van der Waals surface area contributed by atoms with Gasteiger partial charge in [-0.3, -0.25) is 0 Å². The Balaban J connectivity index is 2.09. The molecule has 0 amide bonds. The third-order valence-corrected chi connectivity index (χ3v) is 3.48.